The van der Waals surface area contributed by atoms with Gasteiger partial charge in [0.25, 0.3) is 11.8 Å². The molecule has 2 N–H and O–H groups in total. The van der Waals surface area contributed by atoms with E-state index >= 15 is 0 Å². The molecule has 0 bridgehead atoms. The van der Waals surface area contributed by atoms with Gasteiger partial charge in [-0.2, -0.15) is 0 Å². The van der Waals surface area contributed by atoms with E-state index in [0.717, 1.165) is 0 Å². The molecule has 0 saturated heterocycles. The molecule has 3 aromatic rings. The smallest absolute Gasteiger partial charge is 0.291 e. The van der Waals surface area contributed by atoms with Crippen molar-refractivity contribution in [1.29, 1.82) is 0 Å². The predicted molar refractivity (Wildman–Crippen MR) is 111 cm³/mol. The molecule has 0 aliphatic carbocycles. The van der Waals surface area contributed by atoms with Gasteiger partial charge in [0, 0.05) is 16.9 Å². The zero-order chi connectivity index (χ0) is 20.1. The lowest BCUT2D eigenvalue weighted by Gasteiger charge is -2.13. The normalized spacial score (nSPS) is 10.6. The molecule has 0 radical (unpaired) electrons. The van der Waals surface area contributed by atoms with Crippen LogP contribution in [0.4, 0.5) is 11.4 Å². The highest BCUT2D eigenvalue weighted by Gasteiger charge is 2.12. The SMILES string of the molecule is CC(C)Oc1ccc(C(=O)Nc2cccc(NC(=O)c3ccco3)c2)cc1Br. The lowest BCUT2D eigenvalue weighted by Crippen LogP contribution is -2.14. The fourth-order valence-electron chi connectivity index (χ4n) is 2.47. The lowest BCUT2D eigenvalue weighted by molar-refractivity contribution is 0.0995. The van der Waals surface area contributed by atoms with Crippen LogP contribution < -0.4 is 15.4 Å². The highest BCUT2D eigenvalue weighted by molar-refractivity contribution is 9.10. The second-order valence-corrected chi connectivity index (χ2v) is 7.13. The molecule has 0 saturated carbocycles. The number of hydrogen-bond donors (Lipinski definition) is 2. The summed E-state index contributed by atoms with van der Waals surface area (Å²) in [6.07, 6.45) is 1.47. The third kappa shape index (κ3) is 5.01. The van der Waals surface area contributed by atoms with Crippen molar-refractivity contribution in [2.75, 3.05) is 10.6 Å². The number of benzene rings is 2. The van der Waals surface area contributed by atoms with Gasteiger partial charge in [0.05, 0.1) is 16.8 Å². The van der Waals surface area contributed by atoms with E-state index in [0.29, 0.717) is 27.2 Å². The Hall–Kier alpha value is -3.06. The molecule has 0 aliphatic heterocycles. The largest absolute Gasteiger partial charge is 0.490 e. The highest BCUT2D eigenvalue weighted by Crippen LogP contribution is 2.27. The summed E-state index contributed by atoms with van der Waals surface area (Å²) in [4.78, 5) is 24.6. The van der Waals surface area contributed by atoms with Crippen LogP contribution in [0, 0.1) is 0 Å². The first-order chi connectivity index (χ1) is 13.4. The van der Waals surface area contributed by atoms with Crippen molar-refractivity contribution >= 4 is 39.1 Å². The van der Waals surface area contributed by atoms with Gasteiger partial charge in [-0.25, -0.2) is 0 Å². The molecule has 0 spiro atoms. The van der Waals surface area contributed by atoms with Crippen LogP contribution in [-0.4, -0.2) is 17.9 Å². The van der Waals surface area contributed by atoms with E-state index in [1.165, 1.54) is 6.26 Å². The van der Waals surface area contributed by atoms with Crippen molar-refractivity contribution in [3.63, 3.8) is 0 Å². The third-order valence-corrected chi connectivity index (χ3v) is 4.30. The minimum absolute atomic E-state index is 0.0371. The van der Waals surface area contributed by atoms with Crippen LogP contribution in [0.5, 0.6) is 5.75 Å². The number of rotatable bonds is 6. The van der Waals surface area contributed by atoms with Crippen LogP contribution in [0.15, 0.2) is 69.8 Å². The molecule has 1 heterocycles. The average molecular weight is 443 g/mol. The Morgan fingerprint density at radius 3 is 2.29 bits per heavy atom. The summed E-state index contributed by atoms with van der Waals surface area (Å²) in [5.41, 5.74) is 1.58. The molecule has 0 aliphatic rings. The number of ether oxygens (including phenoxy) is 1. The van der Waals surface area contributed by atoms with E-state index in [-0.39, 0.29) is 23.7 Å². The average Bonchev–Trinajstić information content (AvgIpc) is 3.18. The fraction of sp³-hybridized carbons (Fsp3) is 0.143. The topological polar surface area (TPSA) is 80.6 Å². The maximum absolute atomic E-state index is 12.5. The molecule has 28 heavy (non-hydrogen) atoms. The second-order valence-electron chi connectivity index (χ2n) is 6.28. The van der Waals surface area contributed by atoms with Crippen LogP contribution in [0.1, 0.15) is 34.8 Å². The molecular weight excluding hydrogens is 424 g/mol. The van der Waals surface area contributed by atoms with Crippen LogP contribution >= 0.6 is 15.9 Å². The van der Waals surface area contributed by atoms with E-state index in [2.05, 4.69) is 26.6 Å². The molecule has 3 rings (SSSR count). The highest BCUT2D eigenvalue weighted by atomic mass is 79.9. The zero-order valence-corrected chi connectivity index (χ0v) is 16.9. The Kier molecular flexibility index (Phi) is 6.16. The minimum Gasteiger partial charge on any atom is -0.490 e. The molecule has 6 nitrogen and oxygen atoms in total. The summed E-state index contributed by atoms with van der Waals surface area (Å²) in [7, 11) is 0. The first kappa shape index (κ1) is 19.7. The number of amides is 2. The number of carbonyl (C=O) groups excluding carboxylic acids is 2. The van der Waals surface area contributed by atoms with Gasteiger partial charge in [0.15, 0.2) is 5.76 Å². The number of halogens is 1. The monoisotopic (exact) mass is 442 g/mol. The Morgan fingerprint density at radius 1 is 0.964 bits per heavy atom. The van der Waals surface area contributed by atoms with E-state index in [9.17, 15) is 9.59 Å². The first-order valence-corrected chi connectivity index (χ1v) is 9.44. The summed E-state index contributed by atoms with van der Waals surface area (Å²) >= 11 is 3.43. The van der Waals surface area contributed by atoms with Crippen LogP contribution in [-0.2, 0) is 0 Å². The van der Waals surface area contributed by atoms with E-state index in [4.69, 9.17) is 9.15 Å². The number of furan rings is 1. The molecule has 2 amide bonds. The van der Waals surface area contributed by atoms with Gasteiger partial charge in [0.2, 0.25) is 0 Å². The number of nitrogens with one attached hydrogen (secondary N) is 2. The van der Waals surface area contributed by atoms with Crippen molar-refractivity contribution in [1.82, 2.24) is 0 Å². The van der Waals surface area contributed by atoms with Gasteiger partial charge in [0.1, 0.15) is 5.75 Å². The van der Waals surface area contributed by atoms with Gasteiger partial charge in [-0.3, -0.25) is 9.59 Å². The minimum atomic E-state index is -0.363. The predicted octanol–water partition coefficient (Wildman–Crippen LogP) is 5.33. The van der Waals surface area contributed by atoms with Crippen molar-refractivity contribution in [3.8, 4) is 5.75 Å². The lowest BCUT2D eigenvalue weighted by atomic mass is 10.2. The van der Waals surface area contributed by atoms with Crippen LogP contribution in [0.3, 0.4) is 0 Å². The number of anilines is 2. The number of hydrogen-bond acceptors (Lipinski definition) is 4. The summed E-state index contributed by atoms with van der Waals surface area (Å²) in [5, 5.41) is 5.54. The van der Waals surface area contributed by atoms with Gasteiger partial charge in [-0.1, -0.05) is 6.07 Å². The maximum atomic E-state index is 12.5. The van der Waals surface area contributed by atoms with Crippen molar-refractivity contribution in [3.05, 3.63) is 76.7 Å². The standard InChI is InChI=1S/C21H19BrN2O4/c1-13(2)28-18-9-8-14(11-17(18)22)20(25)23-15-5-3-6-16(12-15)24-21(26)19-7-4-10-27-19/h3-13H,1-2H3,(H,23,25)(H,24,26). The van der Waals surface area contributed by atoms with Gasteiger partial charge in [-0.05, 0) is 78.3 Å². The summed E-state index contributed by atoms with van der Waals surface area (Å²) in [6, 6.07) is 15.2. The Bertz CT molecular complexity index is 984. The molecule has 2 aromatic carbocycles. The van der Waals surface area contributed by atoms with Crippen LogP contribution in [0.25, 0.3) is 0 Å². The molecule has 0 unspecified atom stereocenters. The Morgan fingerprint density at radius 2 is 1.68 bits per heavy atom. The molecule has 0 atom stereocenters. The van der Waals surface area contributed by atoms with E-state index < -0.39 is 0 Å². The summed E-state index contributed by atoms with van der Waals surface area (Å²) in [6.45, 7) is 3.87. The quantitative estimate of drug-likeness (QED) is 0.540. The molecule has 1 aromatic heterocycles. The molecular formula is C21H19BrN2O4. The fourth-order valence-corrected chi connectivity index (χ4v) is 2.94. The van der Waals surface area contributed by atoms with Crippen LogP contribution in [0.2, 0.25) is 0 Å². The molecule has 0 fully saturated rings. The maximum Gasteiger partial charge on any atom is 0.291 e. The summed E-state index contributed by atoms with van der Waals surface area (Å²) < 4.78 is 11.4. The van der Waals surface area contributed by atoms with Gasteiger partial charge in [-0.15, -0.1) is 0 Å². The van der Waals surface area contributed by atoms with Crippen molar-refractivity contribution < 1.29 is 18.7 Å². The Balaban J connectivity index is 1.69. The zero-order valence-electron chi connectivity index (χ0n) is 15.4. The van der Waals surface area contributed by atoms with Crippen molar-refractivity contribution in [2.24, 2.45) is 0 Å². The van der Waals surface area contributed by atoms with E-state index in [1.807, 2.05) is 13.8 Å². The third-order valence-electron chi connectivity index (χ3n) is 3.68. The van der Waals surface area contributed by atoms with Gasteiger partial charge >= 0.3 is 0 Å². The molecule has 7 heteroatoms. The summed E-state index contributed by atoms with van der Waals surface area (Å²) in [5.74, 6) is 0.252. The second kappa shape index (κ2) is 8.75. The number of carbonyl (C=O) groups is 2. The first-order valence-electron chi connectivity index (χ1n) is 8.65. The Labute approximate surface area is 171 Å². The van der Waals surface area contributed by atoms with Crippen molar-refractivity contribution in [2.45, 2.75) is 20.0 Å². The molecule has 144 valence electrons. The van der Waals surface area contributed by atoms with Gasteiger partial charge < -0.3 is 19.8 Å². The van der Waals surface area contributed by atoms with E-state index in [1.54, 1.807) is 54.6 Å².